The first-order valence-electron chi connectivity index (χ1n) is 11.2. The van der Waals surface area contributed by atoms with Gasteiger partial charge in [0.2, 0.25) is 5.95 Å². The highest BCUT2D eigenvalue weighted by Gasteiger charge is 2.38. The summed E-state index contributed by atoms with van der Waals surface area (Å²) in [5.41, 5.74) is 2.03. The molecular weight excluding hydrogens is 561 g/mol. The standard InChI is InChI=1S/C21H27BrN6S.C2HF3O2/c1-12-8-15(9-13(2)29-12)25-21-26-19-17(6-5-7-18(19)22)20(27-21)24-11-16-10-23-14(3)28(16)4;3-2(4,5)1(6)7/h5-7,10,12-13,15H,8-9,11H2,1-4H3,(H2,24,25,26,27);(H,6,7). The lowest BCUT2D eigenvalue weighted by atomic mass is 10.1. The summed E-state index contributed by atoms with van der Waals surface area (Å²) in [6.45, 7) is 7.27. The van der Waals surface area contributed by atoms with Crippen LogP contribution in [-0.4, -0.2) is 53.3 Å². The summed E-state index contributed by atoms with van der Waals surface area (Å²) in [4.78, 5) is 22.9. The molecule has 0 bridgehead atoms. The molecular formula is C23H28BrF3N6O2S. The van der Waals surface area contributed by atoms with Crippen molar-refractivity contribution in [1.82, 2.24) is 19.5 Å². The van der Waals surface area contributed by atoms with Crippen LogP contribution in [0.2, 0.25) is 0 Å². The van der Waals surface area contributed by atoms with Crippen LogP contribution in [0.25, 0.3) is 10.9 Å². The second-order valence-electron chi connectivity index (χ2n) is 8.61. The first-order valence-corrected chi connectivity index (χ1v) is 13.0. The number of fused-ring (bicyclic) bond motifs is 1. The molecule has 0 spiro atoms. The van der Waals surface area contributed by atoms with Crippen molar-refractivity contribution < 1.29 is 23.1 Å². The van der Waals surface area contributed by atoms with Gasteiger partial charge in [-0.3, -0.25) is 0 Å². The molecule has 0 aliphatic carbocycles. The van der Waals surface area contributed by atoms with Crippen LogP contribution in [-0.2, 0) is 18.4 Å². The number of imidazole rings is 1. The molecule has 4 rings (SSSR count). The van der Waals surface area contributed by atoms with Crippen molar-refractivity contribution in [2.24, 2.45) is 7.05 Å². The number of anilines is 2. The number of carboxylic acids is 1. The first kappa shape index (κ1) is 28.0. The van der Waals surface area contributed by atoms with Crippen molar-refractivity contribution in [3.63, 3.8) is 0 Å². The summed E-state index contributed by atoms with van der Waals surface area (Å²) >= 11 is 5.72. The van der Waals surface area contributed by atoms with E-state index < -0.39 is 12.1 Å². The molecule has 1 aliphatic heterocycles. The van der Waals surface area contributed by atoms with E-state index in [0.717, 1.165) is 45.6 Å². The Balaban J connectivity index is 0.000000454. The third-order valence-electron chi connectivity index (χ3n) is 5.70. The van der Waals surface area contributed by atoms with Crippen LogP contribution in [0.5, 0.6) is 0 Å². The zero-order chi connectivity index (χ0) is 26.6. The largest absolute Gasteiger partial charge is 0.490 e. The molecule has 196 valence electrons. The maximum atomic E-state index is 10.6. The van der Waals surface area contributed by atoms with Crippen LogP contribution in [0.3, 0.4) is 0 Å². The highest BCUT2D eigenvalue weighted by atomic mass is 79.9. The minimum atomic E-state index is -5.08. The molecule has 1 fully saturated rings. The number of aryl methyl sites for hydroxylation is 1. The topological polar surface area (TPSA) is 105 Å². The number of benzene rings is 1. The summed E-state index contributed by atoms with van der Waals surface area (Å²) in [5, 5.41) is 16.5. The number of alkyl halides is 3. The second kappa shape index (κ2) is 11.7. The Labute approximate surface area is 219 Å². The third kappa shape index (κ3) is 7.25. The molecule has 8 nitrogen and oxygen atoms in total. The normalized spacial score (nSPS) is 19.9. The minimum Gasteiger partial charge on any atom is -0.475 e. The van der Waals surface area contributed by atoms with Crippen molar-refractivity contribution in [1.29, 1.82) is 0 Å². The zero-order valence-electron chi connectivity index (χ0n) is 20.2. The Morgan fingerprint density at radius 2 is 1.89 bits per heavy atom. The average Bonchev–Trinajstić information content (AvgIpc) is 3.09. The highest BCUT2D eigenvalue weighted by molar-refractivity contribution is 9.10. The Morgan fingerprint density at radius 1 is 1.25 bits per heavy atom. The number of halogens is 4. The quantitative estimate of drug-likeness (QED) is 0.345. The van der Waals surface area contributed by atoms with E-state index in [2.05, 4.69) is 67.8 Å². The zero-order valence-corrected chi connectivity index (χ0v) is 22.6. The monoisotopic (exact) mass is 588 g/mol. The molecule has 3 N–H and O–H groups in total. The van der Waals surface area contributed by atoms with Crippen molar-refractivity contribution in [2.45, 2.75) is 62.9 Å². The highest BCUT2D eigenvalue weighted by Crippen LogP contribution is 2.33. The van der Waals surface area contributed by atoms with Crippen molar-refractivity contribution in [2.75, 3.05) is 10.6 Å². The van der Waals surface area contributed by atoms with Gasteiger partial charge >= 0.3 is 12.1 Å². The number of carboxylic acid groups (broad SMARTS) is 1. The number of nitrogens with one attached hydrogen (secondary N) is 2. The van der Waals surface area contributed by atoms with Gasteiger partial charge in [-0.25, -0.2) is 14.8 Å². The van der Waals surface area contributed by atoms with Gasteiger partial charge in [-0.15, -0.1) is 0 Å². The Bertz CT molecular complexity index is 1210. The Kier molecular flexibility index (Phi) is 9.09. The van der Waals surface area contributed by atoms with Gasteiger partial charge in [0, 0.05) is 33.4 Å². The lowest BCUT2D eigenvalue weighted by molar-refractivity contribution is -0.192. The third-order valence-corrected chi connectivity index (χ3v) is 7.66. The van der Waals surface area contributed by atoms with Gasteiger partial charge in [-0.2, -0.15) is 29.9 Å². The summed E-state index contributed by atoms with van der Waals surface area (Å²) in [5.74, 6) is -0.237. The number of hydrogen-bond donors (Lipinski definition) is 3. The van der Waals surface area contributed by atoms with Crippen LogP contribution in [0.15, 0.2) is 28.9 Å². The predicted molar refractivity (Wildman–Crippen MR) is 139 cm³/mol. The number of aromatic nitrogens is 4. The van der Waals surface area contributed by atoms with E-state index in [4.69, 9.17) is 19.9 Å². The lowest BCUT2D eigenvalue weighted by Crippen LogP contribution is -2.32. The first-order chi connectivity index (χ1) is 16.8. The number of thioether (sulfide) groups is 1. The summed E-state index contributed by atoms with van der Waals surface area (Å²) in [7, 11) is 2.03. The Hall–Kier alpha value is -2.54. The summed E-state index contributed by atoms with van der Waals surface area (Å²) in [6, 6.07) is 6.50. The van der Waals surface area contributed by atoms with Gasteiger partial charge in [0.05, 0.1) is 24.0 Å². The maximum Gasteiger partial charge on any atom is 0.490 e. The minimum absolute atomic E-state index is 0.397. The SMILES string of the molecule is Cc1ncc(CNc2nc(NC3CC(C)SC(C)C3)nc3c(Br)cccc23)n1C.O=C(O)C(F)(F)F. The fourth-order valence-corrected chi connectivity index (χ4v) is 5.84. The number of hydrogen-bond acceptors (Lipinski definition) is 7. The molecule has 36 heavy (non-hydrogen) atoms. The molecule has 0 radical (unpaired) electrons. The summed E-state index contributed by atoms with van der Waals surface area (Å²) < 4.78 is 34.8. The van der Waals surface area contributed by atoms with E-state index in [9.17, 15) is 13.2 Å². The van der Waals surface area contributed by atoms with Gasteiger partial charge < -0.3 is 20.3 Å². The van der Waals surface area contributed by atoms with Gasteiger partial charge in [0.1, 0.15) is 11.6 Å². The van der Waals surface area contributed by atoms with Crippen LogP contribution in [0.1, 0.15) is 38.2 Å². The molecule has 1 aromatic carbocycles. The van der Waals surface area contributed by atoms with Gasteiger partial charge in [-0.1, -0.05) is 19.9 Å². The van der Waals surface area contributed by atoms with E-state index in [-0.39, 0.29) is 0 Å². The number of nitrogens with zero attached hydrogens (tertiary/aromatic N) is 4. The molecule has 13 heteroatoms. The lowest BCUT2D eigenvalue weighted by Gasteiger charge is -2.31. The maximum absolute atomic E-state index is 10.6. The van der Waals surface area contributed by atoms with E-state index in [1.165, 1.54) is 0 Å². The average molecular weight is 589 g/mol. The molecule has 1 aliphatic rings. The van der Waals surface area contributed by atoms with Gasteiger partial charge in [0.25, 0.3) is 0 Å². The van der Waals surface area contributed by atoms with Crippen LogP contribution >= 0.6 is 27.7 Å². The number of para-hydroxylation sites is 1. The fraction of sp³-hybridized carbons (Fsp3) is 0.478. The number of aliphatic carboxylic acids is 1. The molecule has 3 aromatic rings. The van der Waals surface area contributed by atoms with E-state index in [1.807, 2.05) is 32.3 Å². The van der Waals surface area contributed by atoms with Crippen LogP contribution < -0.4 is 10.6 Å². The molecule has 0 saturated carbocycles. The van der Waals surface area contributed by atoms with Gasteiger partial charge in [0.15, 0.2) is 0 Å². The van der Waals surface area contributed by atoms with Crippen molar-refractivity contribution in [3.05, 3.63) is 40.4 Å². The molecule has 1 saturated heterocycles. The second-order valence-corrected chi connectivity index (χ2v) is 11.4. The van der Waals surface area contributed by atoms with E-state index >= 15 is 0 Å². The van der Waals surface area contributed by atoms with Crippen molar-refractivity contribution >= 4 is 56.3 Å². The molecule has 0 amide bonds. The predicted octanol–water partition coefficient (Wildman–Crippen LogP) is 5.76. The summed E-state index contributed by atoms with van der Waals surface area (Å²) in [6.07, 6.45) is -0.921. The fourth-order valence-electron chi connectivity index (χ4n) is 3.91. The molecule has 2 unspecified atom stereocenters. The molecule has 2 atom stereocenters. The van der Waals surface area contributed by atoms with Crippen molar-refractivity contribution in [3.8, 4) is 0 Å². The smallest absolute Gasteiger partial charge is 0.475 e. The Morgan fingerprint density at radius 3 is 2.44 bits per heavy atom. The van der Waals surface area contributed by atoms with Gasteiger partial charge in [-0.05, 0) is 47.8 Å². The number of rotatable bonds is 5. The van der Waals surface area contributed by atoms with E-state index in [0.29, 0.717) is 29.0 Å². The molecule has 2 aromatic heterocycles. The van der Waals surface area contributed by atoms with E-state index in [1.54, 1.807) is 0 Å². The molecule has 3 heterocycles. The van der Waals surface area contributed by atoms with Crippen LogP contribution in [0.4, 0.5) is 24.9 Å². The van der Waals surface area contributed by atoms with Crippen LogP contribution in [0, 0.1) is 6.92 Å². The number of carbonyl (C=O) groups is 1.